The molecule has 0 saturated heterocycles. The minimum absolute atomic E-state index is 0.0181. The van der Waals surface area contributed by atoms with Crippen molar-refractivity contribution in [2.45, 2.75) is 32.3 Å². The summed E-state index contributed by atoms with van der Waals surface area (Å²) >= 11 is 5.89. The summed E-state index contributed by atoms with van der Waals surface area (Å²) in [6.45, 7) is 4.87. The number of nitrogens with one attached hydrogen (secondary N) is 3. The highest BCUT2D eigenvalue weighted by molar-refractivity contribution is 14.1. The Balaban J connectivity index is 3.32. The average Bonchev–Trinajstić information content (AvgIpc) is 2.85. The zero-order valence-corrected chi connectivity index (χ0v) is 26.2. The average molecular weight is 841 g/mol. The second kappa shape index (κ2) is 16.8. The Morgan fingerprint density at radius 1 is 0.917 bits per heavy atom. The fraction of sp³-hybridized carbons (Fsp3) is 0.478. The number of hydrogen-bond acceptors (Lipinski definition) is 7. The monoisotopic (exact) mass is 841 g/mol. The first-order chi connectivity index (χ1) is 17.0. The molecule has 10 nitrogen and oxygen atoms in total. The molecule has 0 aliphatic heterocycles. The van der Waals surface area contributed by atoms with Crippen molar-refractivity contribution in [1.82, 2.24) is 16.0 Å². The molecule has 0 bridgehead atoms. The third-order valence-corrected chi connectivity index (χ3v) is 8.44. The van der Waals surface area contributed by atoms with Crippen LogP contribution in [-0.2, 0) is 16.0 Å². The van der Waals surface area contributed by atoms with E-state index in [0.29, 0.717) is 29.2 Å². The number of aliphatic hydroxyl groups excluding tert-OH is 3. The first-order valence-corrected chi connectivity index (χ1v) is 14.3. The third-order valence-electron chi connectivity index (χ3n) is 4.98. The molecule has 13 heteroatoms. The quantitative estimate of drug-likeness (QED) is 0.0877. The molecule has 6 N–H and O–H groups in total. The topological polar surface area (TPSA) is 165 Å². The number of amides is 3. The molecule has 0 heterocycles. The van der Waals surface area contributed by atoms with E-state index in [1.54, 1.807) is 6.92 Å². The maximum absolute atomic E-state index is 13.1. The van der Waals surface area contributed by atoms with Gasteiger partial charge < -0.3 is 31.3 Å². The van der Waals surface area contributed by atoms with Gasteiger partial charge in [0.25, 0.3) is 11.8 Å². The molecule has 1 aromatic carbocycles. The van der Waals surface area contributed by atoms with Crippen LogP contribution in [0, 0.1) is 16.6 Å². The Hall–Kier alpha value is -0.890. The van der Waals surface area contributed by atoms with E-state index in [4.69, 9.17) is 5.11 Å². The first-order valence-electron chi connectivity index (χ1n) is 11.1. The van der Waals surface area contributed by atoms with Gasteiger partial charge in [-0.3, -0.25) is 19.2 Å². The van der Waals surface area contributed by atoms with E-state index < -0.39 is 24.5 Å². The van der Waals surface area contributed by atoms with Gasteiger partial charge in [-0.1, -0.05) is 13.5 Å². The minimum Gasteiger partial charge on any atom is -0.396 e. The van der Waals surface area contributed by atoms with Crippen LogP contribution in [0.4, 0.5) is 0 Å². The van der Waals surface area contributed by atoms with Gasteiger partial charge in [-0.15, -0.1) is 0 Å². The minimum atomic E-state index is -1.14. The SMILES string of the molecule is C=CC(=O)NCCCC(=O)Cc1c(I)c(C(=O)NCC(C)CO)c(I)c(C(=O)NCC(O)CO)c1I. The van der Waals surface area contributed by atoms with Crippen molar-refractivity contribution in [2.24, 2.45) is 5.92 Å². The number of halogens is 3. The molecule has 2 atom stereocenters. The molecular formula is C23H30I3N3O7. The number of carbonyl (C=O) groups is 4. The van der Waals surface area contributed by atoms with Gasteiger partial charge in [0.1, 0.15) is 5.78 Å². The van der Waals surface area contributed by atoms with Crippen LogP contribution in [0.1, 0.15) is 46.0 Å². The summed E-state index contributed by atoms with van der Waals surface area (Å²) in [6, 6.07) is 0. The lowest BCUT2D eigenvalue weighted by Crippen LogP contribution is -2.36. The van der Waals surface area contributed by atoms with Crippen LogP contribution < -0.4 is 16.0 Å². The van der Waals surface area contributed by atoms with E-state index in [2.05, 4.69) is 22.5 Å². The number of hydrogen-bond donors (Lipinski definition) is 6. The van der Waals surface area contributed by atoms with Gasteiger partial charge in [0.15, 0.2) is 0 Å². The van der Waals surface area contributed by atoms with E-state index in [0.717, 1.165) is 6.08 Å². The Morgan fingerprint density at radius 2 is 1.47 bits per heavy atom. The predicted molar refractivity (Wildman–Crippen MR) is 160 cm³/mol. The fourth-order valence-corrected chi connectivity index (χ4v) is 7.44. The highest BCUT2D eigenvalue weighted by Gasteiger charge is 2.28. The van der Waals surface area contributed by atoms with Gasteiger partial charge >= 0.3 is 0 Å². The second-order valence-corrected chi connectivity index (χ2v) is 11.3. The summed E-state index contributed by atoms with van der Waals surface area (Å²) in [5.41, 5.74) is 0.976. The van der Waals surface area contributed by atoms with Crippen LogP contribution in [0.5, 0.6) is 0 Å². The van der Waals surface area contributed by atoms with Gasteiger partial charge in [0.05, 0.1) is 23.8 Å². The molecule has 1 aromatic rings. The molecule has 0 saturated carbocycles. The van der Waals surface area contributed by atoms with Gasteiger partial charge in [-0.25, -0.2) is 0 Å². The van der Waals surface area contributed by atoms with Crippen molar-refractivity contribution in [2.75, 3.05) is 32.8 Å². The molecule has 1 rings (SSSR count). The van der Waals surface area contributed by atoms with Gasteiger partial charge in [-0.05, 0) is 91.8 Å². The molecule has 0 aromatic heterocycles. The second-order valence-electron chi connectivity index (χ2n) is 8.03. The number of ketones is 1. The highest BCUT2D eigenvalue weighted by atomic mass is 127. The maximum atomic E-state index is 13.1. The molecule has 200 valence electrons. The van der Waals surface area contributed by atoms with E-state index in [9.17, 15) is 29.4 Å². The molecule has 0 radical (unpaired) electrons. The summed E-state index contributed by atoms with van der Waals surface area (Å²) in [4.78, 5) is 50.2. The first kappa shape index (κ1) is 33.1. The van der Waals surface area contributed by atoms with E-state index >= 15 is 0 Å². The molecule has 0 aliphatic carbocycles. The Kier molecular flexibility index (Phi) is 15.5. The van der Waals surface area contributed by atoms with Crippen molar-refractivity contribution in [3.05, 3.63) is 40.1 Å². The smallest absolute Gasteiger partial charge is 0.253 e. The molecule has 3 amide bonds. The Labute approximate surface area is 250 Å². The molecule has 2 unspecified atom stereocenters. The van der Waals surface area contributed by atoms with Crippen LogP contribution in [0.2, 0.25) is 0 Å². The zero-order chi connectivity index (χ0) is 27.4. The van der Waals surface area contributed by atoms with Gasteiger partial charge in [0, 0.05) is 49.8 Å². The Bertz CT molecular complexity index is 935. The highest BCUT2D eigenvalue weighted by Crippen LogP contribution is 2.33. The fourth-order valence-electron chi connectivity index (χ4n) is 2.91. The number of benzene rings is 1. The zero-order valence-electron chi connectivity index (χ0n) is 19.7. The summed E-state index contributed by atoms with van der Waals surface area (Å²) in [6.07, 6.45) is 0.608. The van der Waals surface area contributed by atoms with Crippen molar-refractivity contribution in [3.8, 4) is 0 Å². The lowest BCUT2D eigenvalue weighted by Gasteiger charge is -2.20. The van der Waals surface area contributed by atoms with Crippen LogP contribution in [-0.4, -0.2) is 77.8 Å². The molecular weight excluding hydrogens is 811 g/mol. The summed E-state index contributed by atoms with van der Waals surface area (Å²) in [5.74, 6) is -1.60. The standard InChI is InChI=1S/C23H30I3N3O7/c1-3-16(34)27-6-4-5-13(32)7-15-19(24)17(22(35)28-8-12(2)10-30)21(26)18(20(15)25)23(36)29-9-14(33)11-31/h3,12,14,30-31,33H,1,4-11H2,2H3,(H,27,34)(H,28,35)(H,29,36). The predicted octanol–water partition coefficient (Wildman–Crippen LogP) is 1.14. The number of carbonyl (C=O) groups excluding carboxylic acids is 4. The number of rotatable bonds is 15. The van der Waals surface area contributed by atoms with Crippen LogP contribution in [0.25, 0.3) is 0 Å². The lowest BCUT2D eigenvalue weighted by molar-refractivity contribution is -0.119. The number of aliphatic hydroxyl groups is 3. The largest absolute Gasteiger partial charge is 0.396 e. The van der Waals surface area contributed by atoms with E-state index in [-0.39, 0.29) is 61.3 Å². The van der Waals surface area contributed by atoms with Crippen molar-refractivity contribution < 1.29 is 34.5 Å². The van der Waals surface area contributed by atoms with Crippen LogP contribution in [0.3, 0.4) is 0 Å². The molecule has 36 heavy (non-hydrogen) atoms. The number of Topliss-reactive ketones (excluding diaryl/α,β-unsaturated/α-hetero) is 1. The Morgan fingerprint density at radius 3 is 1.97 bits per heavy atom. The summed E-state index contributed by atoms with van der Waals surface area (Å²) < 4.78 is 1.43. The summed E-state index contributed by atoms with van der Waals surface area (Å²) in [7, 11) is 0. The molecule has 0 aliphatic rings. The summed E-state index contributed by atoms with van der Waals surface area (Å²) in [5, 5.41) is 35.9. The van der Waals surface area contributed by atoms with Crippen LogP contribution in [0.15, 0.2) is 12.7 Å². The lowest BCUT2D eigenvalue weighted by atomic mass is 9.99. The van der Waals surface area contributed by atoms with Crippen LogP contribution >= 0.6 is 67.8 Å². The normalized spacial score (nSPS) is 12.4. The maximum Gasteiger partial charge on any atom is 0.253 e. The van der Waals surface area contributed by atoms with Gasteiger partial charge in [-0.2, -0.15) is 0 Å². The van der Waals surface area contributed by atoms with E-state index in [1.807, 2.05) is 67.8 Å². The molecule has 0 fully saturated rings. The van der Waals surface area contributed by atoms with Gasteiger partial charge in [0.2, 0.25) is 5.91 Å². The van der Waals surface area contributed by atoms with Crippen molar-refractivity contribution in [3.63, 3.8) is 0 Å². The third kappa shape index (κ3) is 10.1. The van der Waals surface area contributed by atoms with Crippen molar-refractivity contribution in [1.29, 1.82) is 0 Å². The van der Waals surface area contributed by atoms with E-state index in [1.165, 1.54) is 0 Å². The van der Waals surface area contributed by atoms with Crippen molar-refractivity contribution >= 4 is 91.3 Å². The molecule has 0 spiro atoms.